The molecule has 0 saturated carbocycles. The van der Waals surface area contributed by atoms with E-state index in [1.165, 1.54) is 12.1 Å². The fraction of sp³-hybridized carbons (Fsp3) is 0.491. The Morgan fingerprint density at radius 2 is 0.887 bits per heavy atom. The van der Waals surface area contributed by atoms with Crippen LogP contribution in [0, 0.1) is 63.0 Å². The maximum Gasteiger partial charge on any atom is 0.168 e. The lowest BCUT2D eigenvalue weighted by Gasteiger charge is -2.48. The highest BCUT2D eigenvalue weighted by Crippen LogP contribution is 2.48. The van der Waals surface area contributed by atoms with Crippen LogP contribution in [0.25, 0.3) is 0 Å². The summed E-state index contributed by atoms with van der Waals surface area (Å²) in [7, 11) is 8.23. The Hall–Kier alpha value is -4.41. The molecule has 0 aromatic heterocycles. The van der Waals surface area contributed by atoms with E-state index in [-0.39, 0.29) is 29.0 Å². The maximum atomic E-state index is 16.3. The summed E-state index contributed by atoms with van der Waals surface area (Å²) < 4.78 is 31.5. The zero-order valence-corrected chi connectivity index (χ0v) is 38.3. The molecule has 0 N–H and O–H groups in total. The molecule has 2 aliphatic rings. The van der Waals surface area contributed by atoms with Crippen molar-refractivity contribution in [2.45, 2.75) is 65.2 Å². The van der Waals surface area contributed by atoms with Crippen LogP contribution in [0.5, 0.6) is 0 Å². The van der Waals surface area contributed by atoms with Gasteiger partial charge in [0.2, 0.25) is 0 Å². The van der Waals surface area contributed by atoms with Gasteiger partial charge in [-0.1, -0.05) is 72.8 Å². The van der Waals surface area contributed by atoms with Crippen molar-refractivity contribution in [3.05, 3.63) is 141 Å². The summed E-state index contributed by atoms with van der Waals surface area (Å²) in [6.07, 6.45) is 3.69. The Morgan fingerprint density at radius 3 is 1.26 bits per heavy atom. The number of nitrogens with zero attached hydrogens (tertiary/aromatic N) is 4. The van der Waals surface area contributed by atoms with Crippen molar-refractivity contribution in [3.8, 4) is 0 Å². The molecule has 2 aliphatic heterocycles. The van der Waals surface area contributed by atoms with E-state index in [9.17, 15) is 0 Å². The Morgan fingerprint density at radius 1 is 0.516 bits per heavy atom. The Balaban J connectivity index is 1.52. The number of rotatable bonds is 18. The second-order valence-corrected chi connectivity index (χ2v) is 18.7. The standard InChI is InChI=1S/C53H68F2N4O3/c1-35-19-9-11-21-39(35)51(60)43-31-58(29-15-13-27-56(5)6)33-45(49(43)41-23-17-25-47(54)37(41)3)53(62)46-34-59(30-16-14-28-57(7)8)32-44(52(61)40-22-12-10-20-36(40)2)50(46)42-24-18-26-48(55)38(42)4/h9-12,17-26,43-46,49-50H,13-16,27-34H2,1-8H3. The van der Waals surface area contributed by atoms with E-state index in [4.69, 9.17) is 0 Å². The van der Waals surface area contributed by atoms with E-state index in [1.54, 1.807) is 26.0 Å². The van der Waals surface area contributed by atoms with Crippen LogP contribution in [-0.2, 0) is 4.79 Å². The highest BCUT2D eigenvalue weighted by Gasteiger charge is 2.51. The SMILES string of the molecule is Cc1ccccc1C(=O)C1CN(CCCCN(C)C)CC(C(=O)C2CN(CCCCN(C)C)CC(C(=O)c3ccccc3C)C2c2cccc(F)c2C)C1c1cccc(F)c1C. The summed E-state index contributed by atoms with van der Waals surface area (Å²) in [6.45, 7) is 12.3. The number of benzene rings is 4. The molecule has 0 aliphatic carbocycles. The molecule has 2 saturated heterocycles. The number of carbonyl (C=O) groups is 3. The molecule has 0 spiro atoms. The van der Waals surface area contributed by atoms with Crippen LogP contribution in [0.2, 0.25) is 0 Å². The lowest BCUT2D eigenvalue weighted by Crippen LogP contribution is -2.56. The fourth-order valence-electron chi connectivity index (χ4n) is 10.4. The molecule has 6 unspecified atom stereocenters. The van der Waals surface area contributed by atoms with E-state index in [0.29, 0.717) is 72.6 Å². The minimum atomic E-state index is -0.708. The predicted octanol–water partition coefficient (Wildman–Crippen LogP) is 9.18. The first-order valence-corrected chi connectivity index (χ1v) is 22.7. The summed E-state index contributed by atoms with van der Waals surface area (Å²) in [5.41, 5.74) is 5.15. The van der Waals surface area contributed by atoms with Gasteiger partial charge in [-0.15, -0.1) is 0 Å². The number of hydrogen-bond donors (Lipinski definition) is 0. The molecular formula is C53H68F2N4O3. The first-order valence-electron chi connectivity index (χ1n) is 22.7. The van der Waals surface area contributed by atoms with Crippen molar-refractivity contribution >= 4 is 17.3 Å². The number of likely N-dealkylation sites (tertiary alicyclic amines) is 2. The van der Waals surface area contributed by atoms with E-state index >= 15 is 23.2 Å². The van der Waals surface area contributed by atoms with Crippen molar-refractivity contribution in [3.63, 3.8) is 0 Å². The van der Waals surface area contributed by atoms with Crippen molar-refractivity contribution < 1.29 is 23.2 Å². The summed E-state index contributed by atoms with van der Waals surface area (Å²) in [4.78, 5) is 55.4. The van der Waals surface area contributed by atoms with Crippen LogP contribution in [0.15, 0.2) is 84.9 Å². The molecule has 0 radical (unpaired) electrons. The van der Waals surface area contributed by atoms with Gasteiger partial charge in [0.05, 0.1) is 0 Å². The van der Waals surface area contributed by atoms with Gasteiger partial charge in [0.25, 0.3) is 0 Å². The minimum absolute atomic E-state index is 0.0477. The average Bonchev–Trinajstić information content (AvgIpc) is 3.25. The number of unbranched alkanes of at least 4 members (excludes halogenated alkanes) is 2. The van der Waals surface area contributed by atoms with E-state index < -0.39 is 35.5 Å². The number of hydrogen-bond acceptors (Lipinski definition) is 7. The molecule has 9 heteroatoms. The summed E-state index contributed by atoms with van der Waals surface area (Å²) in [6, 6.07) is 25.2. The number of piperidine rings is 2. The second kappa shape index (κ2) is 21.3. The quantitative estimate of drug-likeness (QED) is 0.0732. The Bertz CT molecular complexity index is 2040. The topological polar surface area (TPSA) is 64.2 Å². The third kappa shape index (κ3) is 10.8. The van der Waals surface area contributed by atoms with Gasteiger partial charge in [-0.25, -0.2) is 8.78 Å². The molecule has 4 aromatic carbocycles. The molecule has 0 amide bonds. The number of aryl methyl sites for hydroxylation is 2. The van der Waals surface area contributed by atoms with Crippen molar-refractivity contribution in [2.75, 3.05) is 80.5 Å². The maximum absolute atomic E-state index is 16.3. The number of halogens is 2. The van der Waals surface area contributed by atoms with Gasteiger partial charge >= 0.3 is 0 Å². The highest BCUT2D eigenvalue weighted by atomic mass is 19.1. The predicted molar refractivity (Wildman–Crippen MR) is 246 cm³/mol. The lowest BCUT2D eigenvalue weighted by atomic mass is 9.62. The van der Waals surface area contributed by atoms with E-state index in [0.717, 1.165) is 49.9 Å². The van der Waals surface area contributed by atoms with Gasteiger partial charge in [0.1, 0.15) is 17.4 Å². The molecule has 2 heterocycles. The van der Waals surface area contributed by atoms with Crippen molar-refractivity contribution in [1.29, 1.82) is 0 Å². The van der Waals surface area contributed by atoms with Crippen LogP contribution in [-0.4, -0.2) is 117 Å². The summed E-state index contributed by atoms with van der Waals surface area (Å²) >= 11 is 0. The second-order valence-electron chi connectivity index (χ2n) is 18.7. The zero-order valence-electron chi connectivity index (χ0n) is 38.3. The van der Waals surface area contributed by atoms with Gasteiger partial charge in [-0.2, -0.15) is 0 Å². The van der Waals surface area contributed by atoms with Gasteiger partial charge in [0.15, 0.2) is 11.6 Å². The monoisotopic (exact) mass is 847 g/mol. The fourth-order valence-corrected chi connectivity index (χ4v) is 10.4. The van der Waals surface area contributed by atoms with Crippen LogP contribution < -0.4 is 0 Å². The van der Waals surface area contributed by atoms with Crippen LogP contribution in [0.4, 0.5) is 8.78 Å². The van der Waals surface area contributed by atoms with Gasteiger partial charge < -0.3 is 19.6 Å². The van der Waals surface area contributed by atoms with Crippen LogP contribution >= 0.6 is 0 Å². The van der Waals surface area contributed by atoms with E-state index in [1.807, 2.05) is 74.5 Å². The van der Waals surface area contributed by atoms with E-state index in [2.05, 4.69) is 47.8 Å². The molecule has 2 fully saturated rings. The molecule has 4 aromatic rings. The van der Waals surface area contributed by atoms with Crippen LogP contribution in [0.1, 0.15) is 91.6 Å². The minimum Gasteiger partial charge on any atom is -0.309 e. The summed E-state index contributed by atoms with van der Waals surface area (Å²) in [5, 5.41) is 0. The van der Waals surface area contributed by atoms with Crippen molar-refractivity contribution in [1.82, 2.24) is 19.6 Å². The molecular weight excluding hydrogens is 779 g/mol. The number of ketones is 3. The first-order chi connectivity index (χ1) is 29.7. The summed E-state index contributed by atoms with van der Waals surface area (Å²) in [5.74, 6) is -4.85. The zero-order chi connectivity index (χ0) is 44.7. The van der Waals surface area contributed by atoms with Gasteiger partial charge in [-0.05, 0) is 153 Å². The van der Waals surface area contributed by atoms with Gasteiger partial charge in [0, 0.05) is 72.8 Å². The third-order valence-electron chi connectivity index (χ3n) is 13.8. The number of carbonyl (C=O) groups excluding carboxylic acids is 3. The Kier molecular flexibility index (Phi) is 16.2. The molecule has 7 nitrogen and oxygen atoms in total. The largest absolute Gasteiger partial charge is 0.309 e. The third-order valence-corrected chi connectivity index (χ3v) is 13.8. The molecule has 6 atom stereocenters. The molecule has 0 bridgehead atoms. The van der Waals surface area contributed by atoms with Gasteiger partial charge in [-0.3, -0.25) is 14.4 Å². The Labute approximate surface area is 369 Å². The lowest BCUT2D eigenvalue weighted by molar-refractivity contribution is -0.133. The molecule has 332 valence electrons. The highest BCUT2D eigenvalue weighted by molar-refractivity contribution is 6.02. The number of Topliss-reactive ketones (excluding diaryl/α,β-unsaturated/α-hetero) is 3. The molecule has 62 heavy (non-hydrogen) atoms. The smallest absolute Gasteiger partial charge is 0.168 e. The average molecular weight is 847 g/mol. The first kappa shape index (κ1) is 47.1. The van der Waals surface area contributed by atoms with Crippen molar-refractivity contribution in [2.24, 2.45) is 23.7 Å². The molecule has 6 rings (SSSR count). The normalized spacial score (nSPS) is 22.3. The van der Waals surface area contributed by atoms with Crippen LogP contribution in [0.3, 0.4) is 0 Å².